The average molecular weight is 416 g/mol. The summed E-state index contributed by atoms with van der Waals surface area (Å²) in [6.07, 6.45) is 2.00. The van der Waals surface area contributed by atoms with Crippen molar-refractivity contribution in [3.63, 3.8) is 0 Å². The fourth-order valence-corrected chi connectivity index (χ4v) is 4.18. The molecule has 4 aromatic carbocycles. The fraction of sp³-hybridized carbons (Fsp3) is 0.154. The van der Waals surface area contributed by atoms with E-state index in [4.69, 9.17) is 9.47 Å². The van der Waals surface area contributed by atoms with Gasteiger partial charge in [0.25, 0.3) is 0 Å². The molecule has 3 nitrogen and oxygen atoms in total. The van der Waals surface area contributed by atoms with E-state index in [-0.39, 0.29) is 0 Å². The Morgan fingerprint density at radius 3 is 1.97 bits per heavy atom. The molecule has 1 N–H and O–H groups in total. The Hall–Kier alpha value is -3.11. The molecule has 0 bridgehead atoms. The standard InChI is InChI=1S/C26H25NO2S/c1-28-21-12-8-19(9-13-21)7-10-20-11-18-26(25-6-4-3-5-24(20)25)27-30-23-16-14-22(29-2)15-17-23/h3-6,8-9,11-18,27H,7,10H2,1-2H3. The molecule has 0 saturated heterocycles. The van der Waals surface area contributed by atoms with E-state index in [2.05, 4.69) is 65.4 Å². The van der Waals surface area contributed by atoms with Gasteiger partial charge in [0, 0.05) is 10.3 Å². The first-order valence-electron chi connectivity index (χ1n) is 9.97. The summed E-state index contributed by atoms with van der Waals surface area (Å²) in [7, 11) is 3.38. The van der Waals surface area contributed by atoms with Gasteiger partial charge < -0.3 is 14.2 Å². The van der Waals surface area contributed by atoms with Crippen molar-refractivity contribution in [3.8, 4) is 11.5 Å². The number of nitrogens with one attached hydrogen (secondary N) is 1. The maximum Gasteiger partial charge on any atom is 0.118 e. The van der Waals surface area contributed by atoms with Crippen LogP contribution in [0, 0.1) is 0 Å². The smallest absolute Gasteiger partial charge is 0.118 e. The molecule has 4 heteroatoms. The van der Waals surface area contributed by atoms with Gasteiger partial charge in [0.2, 0.25) is 0 Å². The van der Waals surface area contributed by atoms with Crippen molar-refractivity contribution in [2.75, 3.05) is 18.9 Å². The van der Waals surface area contributed by atoms with Crippen molar-refractivity contribution in [1.82, 2.24) is 0 Å². The fourth-order valence-electron chi connectivity index (χ4n) is 3.50. The normalized spacial score (nSPS) is 10.7. The van der Waals surface area contributed by atoms with E-state index < -0.39 is 0 Å². The molecule has 0 radical (unpaired) electrons. The van der Waals surface area contributed by atoms with Crippen LogP contribution in [0.25, 0.3) is 10.8 Å². The molecule has 0 aliphatic carbocycles. The maximum atomic E-state index is 5.25. The number of fused-ring (bicyclic) bond motifs is 1. The van der Waals surface area contributed by atoms with Crippen LogP contribution in [-0.2, 0) is 12.8 Å². The van der Waals surface area contributed by atoms with E-state index in [1.165, 1.54) is 21.9 Å². The molecule has 30 heavy (non-hydrogen) atoms. The molecule has 0 heterocycles. The monoisotopic (exact) mass is 415 g/mol. The van der Waals surface area contributed by atoms with Crippen LogP contribution in [0.5, 0.6) is 11.5 Å². The third kappa shape index (κ3) is 4.71. The lowest BCUT2D eigenvalue weighted by molar-refractivity contribution is 0.414. The average Bonchev–Trinajstić information content (AvgIpc) is 2.82. The van der Waals surface area contributed by atoms with Crippen LogP contribution in [0.15, 0.2) is 89.8 Å². The Labute approximate surface area is 182 Å². The Kier molecular flexibility index (Phi) is 6.45. The largest absolute Gasteiger partial charge is 0.497 e. The molecule has 0 unspecified atom stereocenters. The van der Waals surface area contributed by atoms with Gasteiger partial charge in [-0.05, 0) is 83.8 Å². The van der Waals surface area contributed by atoms with Crippen LogP contribution in [0.1, 0.15) is 11.1 Å². The van der Waals surface area contributed by atoms with Crippen LogP contribution in [0.3, 0.4) is 0 Å². The molecule has 0 fully saturated rings. The number of methoxy groups -OCH3 is 2. The zero-order chi connectivity index (χ0) is 20.8. The predicted octanol–water partition coefficient (Wildman–Crippen LogP) is 6.76. The van der Waals surface area contributed by atoms with E-state index in [0.29, 0.717) is 0 Å². The summed E-state index contributed by atoms with van der Waals surface area (Å²) in [5.41, 5.74) is 3.80. The van der Waals surface area contributed by atoms with E-state index in [0.717, 1.165) is 34.9 Å². The van der Waals surface area contributed by atoms with Gasteiger partial charge in [-0.1, -0.05) is 42.5 Å². The highest BCUT2D eigenvalue weighted by molar-refractivity contribution is 8.00. The summed E-state index contributed by atoms with van der Waals surface area (Å²) in [4.78, 5) is 1.14. The lowest BCUT2D eigenvalue weighted by Gasteiger charge is -2.13. The van der Waals surface area contributed by atoms with Gasteiger partial charge in [-0.3, -0.25) is 0 Å². The van der Waals surface area contributed by atoms with Gasteiger partial charge in [-0.2, -0.15) is 0 Å². The number of rotatable bonds is 8. The minimum absolute atomic E-state index is 0.867. The quantitative estimate of drug-likeness (QED) is 0.322. The molecule has 0 aliphatic rings. The number of aryl methyl sites for hydroxylation is 2. The Morgan fingerprint density at radius 1 is 0.667 bits per heavy atom. The summed E-state index contributed by atoms with van der Waals surface area (Å²) < 4.78 is 14.0. The van der Waals surface area contributed by atoms with Gasteiger partial charge in [0.15, 0.2) is 0 Å². The maximum absolute atomic E-state index is 5.25. The molecule has 0 amide bonds. The highest BCUT2D eigenvalue weighted by atomic mass is 32.2. The van der Waals surface area contributed by atoms with E-state index in [1.54, 1.807) is 26.2 Å². The van der Waals surface area contributed by atoms with E-state index >= 15 is 0 Å². The van der Waals surface area contributed by atoms with Crippen molar-refractivity contribution in [1.29, 1.82) is 0 Å². The molecule has 152 valence electrons. The highest BCUT2D eigenvalue weighted by Crippen LogP contribution is 2.31. The highest BCUT2D eigenvalue weighted by Gasteiger charge is 2.07. The Balaban J connectivity index is 1.50. The summed E-state index contributed by atoms with van der Waals surface area (Å²) in [5, 5.41) is 2.54. The van der Waals surface area contributed by atoms with Gasteiger partial charge in [-0.25, -0.2) is 0 Å². The van der Waals surface area contributed by atoms with Crippen molar-refractivity contribution in [3.05, 3.63) is 96.1 Å². The van der Waals surface area contributed by atoms with Crippen molar-refractivity contribution in [2.24, 2.45) is 0 Å². The molecular weight excluding hydrogens is 390 g/mol. The topological polar surface area (TPSA) is 30.5 Å². The third-order valence-electron chi connectivity index (χ3n) is 5.19. The van der Waals surface area contributed by atoms with E-state index in [1.807, 2.05) is 24.3 Å². The number of hydrogen-bond donors (Lipinski definition) is 1. The zero-order valence-corrected chi connectivity index (χ0v) is 18.0. The summed E-state index contributed by atoms with van der Waals surface area (Å²) in [5.74, 6) is 1.76. The first kappa shape index (κ1) is 20.2. The molecule has 0 aromatic heterocycles. The minimum Gasteiger partial charge on any atom is -0.497 e. The second-order valence-electron chi connectivity index (χ2n) is 7.05. The molecular formula is C26H25NO2S. The molecule has 0 spiro atoms. The second kappa shape index (κ2) is 9.59. The van der Waals surface area contributed by atoms with Crippen LogP contribution in [-0.4, -0.2) is 14.2 Å². The molecule has 4 aromatic rings. The van der Waals surface area contributed by atoms with Gasteiger partial charge in [0.05, 0.1) is 19.9 Å². The summed E-state index contributed by atoms with van der Waals surface area (Å²) in [6, 6.07) is 29.4. The number of anilines is 1. The van der Waals surface area contributed by atoms with Gasteiger partial charge >= 0.3 is 0 Å². The Bertz CT molecular complexity index is 1020. The van der Waals surface area contributed by atoms with Crippen LogP contribution >= 0.6 is 11.9 Å². The van der Waals surface area contributed by atoms with Gasteiger partial charge in [-0.15, -0.1) is 0 Å². The summed E-state index contributed by atoms with van der Waals surface area (Å²) in [6.45, 7) is 0. The van der Waals surface area contributed by atoms with Crippen LogP contribution in [0.4, 0.5) is 5.69 Å². The number of benzene rings is 4. The predicted molar refractivity (Wildman–Crippen MR) is 127 cm³/mol. The first-order chi connectivity index (χ1) is 14.8. The minimum atomic E-state index is 0.867. The Morgan fingerprint density at radius 2 is 1.30 bits per heavy atom. The van der Waals surface area contributed by atoms with Crippen molar-refractivity contribution >= 4 is 28.4 Å². The number of hydrogen-bond acceptors (Lipinski definition) is 4. The molecule has 4 rings (SSSR count). The van der Waals surface area contributed by atoms with Crippen LogP contribution < -0.4 is 14.2 Å². The molecule has 0 atom stereocenters. The zero-order valence-electron chi connectivity index (χ0n) is 17.2. The first-order valence-corrected chi connectivity index (χ1v) is 10.8. The third-order valence-corrected chi connectivity index (χ3v) is 6.02. The summed E-state index contributed by atoms with van der Waals surface area (Å²) >= 11 is 1.61. The molecule has 0 aliphatic heterocycles. The second-order valence-corrected chi connectivity index (χ2v) is 7.93. The SMILES string of the molecule is COc1ccc(CCc2ccc(NSc3ccc(OC)cc3)c3ccccc23)cc1. The molecule has 0 saturated carbocycles. The van der Waals surface area contributed by atoms with Crippen molar-refractivity contribution in [2.45, 2.75) is 17.7 Å². The van der Waals surface area contributed by atoms with E-state index in [9.17, 15) is 0 Å². The van der Waals surface area contributed by atoms with Crippen molar-refractivity contribution < 1.29 is 9.47 Å². The van der Waals surface area contributed by atoms with Crippen LogP contribution in [0.2, 0.25) is 0 Å². The lowest BCUT2D eigenvalue weighted by atomic mass is 9.97. The lowest BCUT2D eigenvalue weighted by Crippen LogP contribution is -1.95. The van der Waals surface area contributed by atoms with Gasteiger partial charge in [0.1, 0.15) is 11.5 Å². The number of ether oxygens (including phenoxy) is 2.